The topological polar surface area (TPSA) is 107 Å². The predicted molar refractivity (Wildman–Crippen MR) is 121 cm³/mol. The van der Waals surface area contributed by atoms with Crippen LogP contribution in [0.3, 0.4) is 0 Å². The van der Waals surface area contributed by atoms with Gasteiger partial charge in [-0.25, -0.2) is 0 Å². The van der Waals surface area contributed by atoms with Gasteiger partial charge in [0.25, 0.3) is 10.1 Å². The van der Waals surface area contributed by atoms with E-state index in [1.165, 1.54) is 24.3 Å². The maximum Gasteiger partial charge on any atom is 0.294 e. The molecule has 0 aliphatic rings. The Morgan fingerprint density at radius 3 is 1.29 bits per heavy atom. The van der Waals surface area contributed by atoms with Gasteiger partial charge in [0.05, 0.1) is 27.6 Å². The van der Waals surface area contributed by atoms with Crippen LogP contribution in [0.1, 0.15) is 13.8 Å². The van der Waals surface area contributed by atoms with Gasteiger partial charge in [0.1, 0.15) is 0 Å². The summed E-state index contributed by atoms with van der Waals surface area (Å²) in [7, 11) is -4.22. The normalized spacial score (nSPS) is 12.0. The largest absolute Gasteiger partial charge is 0.372 e. The Bertz CT molecular complexity index is 1150. The van der Waals surface area contributed by atoms with Gasteiger partial charge >= 0.3 is 0 Å². The molecule has 0 radical (unpaired) electrons. The van der Waals surface area contributed by atoms with Crippen molar-refractivity contribution < 1.29 is 13.0 Å². The van der Waals surface area contributed by atoms with Gasteiger partial charge in [-0.15, -0.1) is 0 Å². The highest BCUT2D eigenvalue weighted by atomic mass is 32.2. The summed E-state index contributed by atoms with van der Waals surface area (Å²) >= 11 is 0. The fourth-order valence-corrected chi connectivity index (χ4v) is 3.30. The first kappa shape index (κ1) is 22.3. The molecule has 0 amide bonds. The number of hydrogen-bond donors (Lipinski definition) is 1. The Hall–Kier alpha value is -3.43. The summed E-state index contributed by atoms with van der Waals surface area (Å²) < 4.78 is 31.1. The summed E-state index contributed by atoms with van der Waals surface area (Å²) in [6.07, 6.45) is 0. The van der Waals surface area contributed by atoms with Crippen molar-refractivity contribution in [1.29, 1.82) is 0 Å². The lowest BCUT2D eigenvalue weighted by Gasteiger charge is -2.20. The molecule has 1 N–H and O–H groups in total. The third-order valence-electron chi connectivity index (χ3n) is 4.52. The monoisotopic (exact) mass is 437 g/mol. The van der Waals surface area contributed by atoms with Gasteiger partial charge in [-0.3, -0.25) is 4.55 Å². The molecule has 31 heavy (non-hydrogen) atoms. The Balaban J connectivity index is 1.63. The fourth-order valence-electron chi connectivity index (χ4n) is 2.82. The van der Waals surface area contributed by atoms with Crippen molar-refractivity contribution in [3.05, 3.63) is 72.8 Å². The molecule has 0 spiro atoms. The van der Waals surface area contributed by atoms with E-state index in [1.807, 2.05) is 24.3 Å². The summed E-state index contributed by atoms with van der Waals surface area (Å²) in [5, 5.41) is 16.7. The summed E-state index contributed by atoms with van der Waals surface area (Å²) in [5.41, 5.74) is 3.69. The molecule has 0 saturated carbocycles. The number of rotatable bonds is 8. The molecule has 8 nitrogen and oxygen atoms in total. The van der Waals surface area contributed by atoms with E-state index in [4.69, 9.17) is 4.55 Å². The van der Waals surface area contributed by atoms with E-state index in [2.05, 4.69) is 39.2 Å². The van der Waals surface area contributed by atoms with Crippen LogP contribution in [-0.2, 0) is 10.1 Å². The van der Waals surface area contributed by atoms with E-state index < -0.39 is 10.1 Å². The van der Waals surface area contributed by atoms with Crippen molar-refractivity contribution in [2.75, 3.05) is 18.0 Å². The Labute approximate surface area is 181 Å². The second-order valence-corrected chi connectivity index (χ2v) is 8.00. The van der Waals surface area contributed by atoms with Crippen LogP contribution in [0.4, 0.5) is 28.4 Å². The first-order chi connectivity index (χ1) is 14.9. The number of hydrogen-bond acceptors (Lipinski definition) is 7. The predicted octanol–water partition coefficient (Wildman–Crippen LogP) is 6.61. The van der Waals surface area contributed by atoms with Crippen LogP contribution in [0, 0.1) is 0 Å². The molecule has 0 bridgehead atoms. The van der Waals surface area contributed by atoms with Gasteiger partial charge in [-0.1, -0.05) is 0 Å². The van der Waals surface area contributed by atoms with Crippen LogP contribution in [0.25, 0.3) is 0 Å². The van der Waals surface area contributed by atoms with Crippen molar-refractivity contribution in [2.45, 2.75) is 18.7 Å². The smallest absolute Gasteiger partial charge is 0.294 e. The molecule has 9 heteroatoms. The first-order valence-corrected chi connectivity index (χ1v) is 11.2. The minimum Gasteiger partial charge on any atom is -0.372 e. The van der Waals surface area contributed by atoms with E-state index in [0.29, 0.717) is 17.1 Å². The molecule has 0 unspecified atom stereocenters. The second-order valence-electron chi connectivity index (χ2n) is 6.57. The van der Waals surface area contributed by atoms with E-state index in [-0.39, 0.29) is 4.90 Å². The van der Waals surface area contributed by atoms with Crippen LogP contribution < -0.4 is 4.90 Å². The lowest BCUT2D eigenvalue weighted by molar-refractivity contribution is 0.483. The highest BCUT2D eigenvalue weighted by Crippen LogP contribution is 2.25. The molecule has 0 fully saturated rings. The summed E-state index contributed by atoms with van der Waals surface area (Å²) in [5.74, 6) is 0. The van der Waals surface area contributed by atoms with E-state index in [9.17, 15) is 8.42 Å². The molecular weight excluding hydrogens is 414 g/mol. The Morgan fingerprint density at radius 1 is 0.645 bits per heavy atom. The van der Waals surface area contributed by atoms with E-state index in [0.717, 1.165) is 24.5 Å². The van der Waals surface area contributed by atoms with Gasteiger partial charge in [0.15, 0.2) is 0 Å². The summed E-state index contributed by atoms with van der Waals surface area (Å²) in [6, 6.07) is 20.5. The maximum absolute atomic E-state index is 11.0. The Morgan fingerprint density at radius 2 is 0.968 bits per heavy atom. The van der Waals surface area contributed by atoms with Gasteiger partial charge < -0.3 is 4.90 Å². The molecule has 3 aromatic rings. The second kappa shape index (κ2) is 10.1. The van der Waals surface area contributed by atoms with Crippen molar-refractivity contribution >= 4 is 38.6 Å². The fraction of sp³-hybridized carbons (Fsp3) is 0.182. The molecular formula is C22H23N5O3S. The van der Waals surface area contributed by atoms with E-state index >= 15 is 0 Å². The van der Waals surface area contributed by atoms with Gasteiger partial charge in [0.2, 0.25) is 0 Å². The first-order valence-electron chi connectivity index (χ1n) is 9.75. The van der Waals surface area contributed by atoms with Gasteiger partial charge in [-0.05, 0) is 86.6 Å². The van der Waals surface area contributed by atoms with Gasteiger partial charge in [0, 0.05) is 18.8 Å². The van der Waals surface area contributed by atoms with Crippen LogP contribution in [0.2, 0.25) is 0 Å². The average Bonchev–Trinajstić information content (AvgIpc) is 2.78. The molecule has 3 aromatic carbocycles. The lowest BCUT2D eigenvalue weighted by atomic mass is 10.2. The SMILES string of the molecule is CCN(CC)c1ccc(N=Nc2ccc(N=Nc3ccc(S(=O)(=O)O)cc3)cc2)cc1. The zero-order chi connectivity index (χ0) is 22.3. The molecule has 3 rings (SSSR count). The van der Waals surface area contributed by atoms with Crippen molar-refractivity contribution in [3.8, 4) is 0 Å². The lowest BCUT2D eigenvalue weighted by Crippen LogP contribution is -2.21. The quantitative estimate of drug-likeness (QED) is 0.316. The third kappa shape index (κ3) is 6.27. The third-order valence-corrected chi connectivity index (χ3v) is 5.39. The molecule has 0 saturated heterocycles. The molecule has 0 heterocycles. The minimum atomic E-state index is -4.22. The van der Waals surface area contributed by atoms with E-state index in [1.54, 1.807) is 24.3 Å². The zero-order valence-corrected chi connectivity index (χ0v) is 18.1. The maximum atomic E-state index is 11.0. The number of anilines is 1. The van der Waals surface area contributed by atoms with Crippen molar-refractivity contribution in [2.24, 2.45) is 20.5 Å². The molecule has 0 aliphatic carbocycles. The summed E-state index contributed by atoms with van der Waals surface area (Å²) in [4.78, 5) is 2.07. The summed E-state index contributed by atoms with van der Waals surface area (Å²) in [6.45, 7) is 6.16. The van der Waals surface area contributed by atoms with Crippen molar-refractivity contribution in [3.63, 3.8) is 0 Å². The van der Waals surface area contributed by atoms with Crippen LogP contribution >= 0.6 is 0 Å². The van der Waals surface area contributed by atoms with Crippen LogP contribution in [0.15, 0.2) is 98.1 Å². The Kier molecular flexibility index (Phi) is 7.22. The van der Waals surface area contributed by atoms with Crippen LogP contribution in [-0.4, -0.2) is 26.1 Å². The minimum absolute atomic E-state index is 0.191. The molecule has 0 aromatic heterocycles. The standard InChI is InChI=1S/C22H23N5O3S/c1-3-27(4-2)21-13-9-19(10-14-21)25-23-17-5-7-18(8-6-17)24-26-20-11-15-22(16-12-20)31(28,29)30/h5-16H,3-4H2,1-2H3,(H,28,29,30). The van der Waals surface area contributed by atoms with Gasteiger partial charge in [-0.2, -0.15) is 28.9 Å². The molecule has 0 atom stereocenters. The average molecular weight is 438 g/mol. The number of nitrogens with zero attached hydrogens (tertiary/aromatic N) is 5. The number of benzene rings is 3. The number of azo groups is 2. The highest BCUT2D eigenvalue weighted by molar-refractivity contribution is 7.85. The molecule has 0 aliphatic heterocycles. The van der Waals surface area contributed by atoms with Crippen molar-refractivity contribution in [1.82, 2.24) is 0 Å². The highest BCUT2D eigenvalue weighted by Gasteiger charge is 2.08. The zero-order valence-electron chi connectivity index (χ0n) is 17.3. The van der Waals surface area contributed by atoms with Crippen LogP contribution in [0.5, 0.6) is 0 Å². The molecule has 160 valence electrons.